The minimum absolute atomic E-state index is 0.0510. The zero-order valence-corrected chi connectivity index (χ0v) is 18.6. The summed E-state index contributed by atoms with van der Waals surface area (Å²) in [7, 11) is 0. The van der Waals surface area contributed by atoms with Crippen LogP contribution in [-0.4, -0.2) is 36.5 Å². The van der Waals surface area contributed by atoms with E-state index in [4.69, 9.17) is 4.74 Å². The van der Waals surface area contributed by atoms with Crippen LogP contribution in [0, 0.1) is 11.6 Å². The maximum absolute atomic E-state index is 13.6. The smallest absolute Gasteiger partial charge is 0.408 e. The Bertz CT molecular complexity index is 1010. The van der Waals surface area contributed by atoms with E-state index < -0.39 is 35.7 Å². The molecule has 2 aromatic rings. The van der Waals surface area contributed by atoms with Crippen molar-refractivity contribution in [3.8, 4) is 0 Å². The third-order valence-electron chi connectivity index (χ3n) is 5.23. The van der Waals surface area contributed by atoms with E-state index in [1.807, 2.05) is 30.3 Å². The van der Waals surface area contributed by atoms with Gasteiger partial charge in [0.05, 0.1) is 6.04 Å². The molecule has 1 heterocycles. The summed E-state index contributed by atoms with van der Waals surface area (Å²) in [6.07, 6.45) is 3.57. The van der Waals surface area contributed by atoms with Gasteiger partial charge < -0.3 is 20.7 Å². The average molecular weight is 472 g/mol. The van der Waals surface area contributed by atoms with Gasteiger partial charge in [-0.25, -0.2) is 13.6 Å². The predicted molar refractivity (Wildman–Crippen MR) is 122 cm³/mol. The van der Waals surface area contributed by atoms with Crippen molar-refractivity contribution in [2.24, 2.45) is 0 Å². The molecule has 3 amide bonds. The Hall–Kier alpha value is -3.75. The molecule has 3 N–H and O–H groups in total. The number of carbonyl (C=O) groups is 3. The van der Waals surface area contributed by atoms with Gasteiger partial charge in [0, 0.05) is 18.7 Å². The molecule has 0 unspecified atom stereocenters. The lowest BCUT2D eigenvalue weighted by molar-refractivity contribution is -0.124. The standard InChI is InChI=1S/C25H27F2N3O4/c26-19-12-18(13-20(27)15-19)14-21-9-10-23(31)28-11-5-4-8-22(24(32)29-21)30-25(33)34-16-17-6-2-1-3-7-17/h1-3,6-7,9-10,12-13,15,21-22H,4-5,8,11,14,16H2,(H,28,31)(H,29,32)(H,30,33)/b10-9+/t21-,22+/m1/s1. The molecule has 0 spiro atoms. The molecule has 0 saturated carbocycles. The summed E-state index contributed by atoms with van der Waals surface area (Å²) in [4.78, 5) is 37.3. The SMILES string of the molecule is O=C1/C=C/[C@H](Cc2cc(F)cc(F)c2)NC(=O)[C@@H](NC(=O)OCc2ccccc2)CCCCN1. The Labute approximate surface area is 196 Å². The summed E-state index contributed by atoms with van der Waals surface area (Å²) in [5.41, 5.74) is 1.12. The van der Waals surface area contributed by atoms with Crippen LogP contribution in [0.25, 0.3) is 0 Å². The van der Waals surface area contributed by atoms with Gasteiger partial charge in [-0.2, -0.15) is 0 Å². The molecule has 0 saturated heterocycles. The highest BCUT2D eigenvalue weighted by Crippen LogP contribution is 2.12. The van der Waals surface area contributed by atoms with Gasteiger partial charge in [0.25, 0.3) is 0 Å². The van der Waals surface area contributed by atoms with E-state index >= 15 is 0 Å². The fourth-order valence-electron chi connectivity index (χ4n) is 3.56. The second kappa shape index (κ2) is 12.5. The summed E-state index contributed by atoms with van der Waals surface area (Å²) < 4.78 is 32.5. The molecule has 1 aliphatic heterocycles. The molecule has 2 aromatic carbocycles. The van der Waals surface area contributed by atoms with E-state index in [0.29, 0.717) is 31.4 Å². The van der Waals surface area contributed by atoms with Crippen molar-refractivity contribution in [2.45, 2.75) is 44.4 Å². The summed E-state index contributed by atoms with van der Waals surface area (Å²) in [6.45, 7) is 0.472. The van der Waals surface area contributed by atoms with Crippen LogP contribution in [0.15, 0.2) is 60.7 Å². The Morgan fingerprint density at radius 3 is 2.50 bits per heavy atom. The number of hydrogen-bond acceptors (Lipinski definition) is 4. The fourth-order valence-corrected chi connectivity index (χ4v) is 3.56. The maximum atomic E-state index is 13.6. The van der Waals surface area contributed by atoms with Crippen LogP contribution < -0.4 is 16.0 Å². The van der Waals surface area contributed by atoms with E-state index in [1.54, 1.807) is 0 Å². The fraction of sp³-hybridized carbons (Fsp3) is 0.320. The summed E-state index contributed by atoms with van der Waals surface area (Å²) in [5.74, 6) is -2.29. The van der Waals surface area contributed by atoms with Gasteiger partial charge in [-0.15, -0.1) is 0 Å². The van der Waals surface area contributed by atoms with Crippen LogP contribution in [0.5, 0.6) is 0 Å². The molecule has 0 bridgehead atoms. The average Bonchev–Trinajstić information content (AvgIpc) is 2.79. The van der Waals surface area contributed by atoms with E-state index in [-0.39, 0.29) is 18.9 Å². The van der Waals surface area contributed by atoms with Crippen molar-refractivity contribution in [1.29, 1.82) is 0 Å². The molecule has 0 aromatic heterocycles. The highest BCUT2D eigenvalue weighted by atomic mass is 19.1. The topological polar surface area (TPSA) is 96.5 Å². The molecule has 0 radical (unpaired) electrons. The predicted octanol–water partition coefficient (Wildman–Crippen LogP) is 3.14. The van der Waals surface area contributed by atoms with Crippen molar-refractivity contribution < 1.29 is 27.9 Å². The molecular formula is C25H27F2N3O4. The molecule has 0 aliphatic carbocycles. The van der Waals surface area contributed by atoms with Gasteiger partial charge in [-0.3, -0.25) is 9.59 Å². The lowest BCUT2D eigenvalue weighted by atomic mass is 10.0. The third-order valence-corrected chi connectivity index (χ3v) is 5.23. The quantitative estimate of drug-likeness (QED) is 0.624. The van der Waals surface area contributed by atoms with Crippen molar-refractivity contribution in [2.75, 3.05) is 6.54 Å². The molecule has 180 valence electrons. The van der Waals surface area contributed by atoms with E-state index in [9.17, 15) is 23.2 Å². The van der Waals surface area contributed by atoms with Crippen molar-refractivity contribution in [3.05, 3.63) is 83.4 Å². The van der Waals surface area contributed by atoms with Crippen molar-refractivity contribution >= 4 is 17.9 Å². The minimum Gasteiger partial charge on any atom is -0.445 e. The van der Waals surface area contributed by atoms with Gasteiger partial charge >= 0.3 is 6.09 Å². The third kappa shape index (κ3) is 8.31. The summed E-state index contributed by atoms with van der Waals surface area (Å²) >= 11 is 0. The molecule has 2 atom stereocenters. The largest absolute Gasteiger partial charge is 0.445 e. The number of amides is 3. The molecule has 9 heteroatoms. The zero-order valence-electron chi connectivity index (χ0n) is 18.6. The monoisotopic (exact) mass is 471 g/mol. The highest BCUT2D eigenvalue weighted by molar-refractivity contribution is 5.88. The van der Waals surface area contributed by atoms with Crippen LogP contribution in [0.3, 0.4) is 0 Å². The Morgan fingerprint density at radius 1 is 1.03 bits per heavy atom. The van der Waals surface area contributed by atoms with Gasteiger partial charge in [0.2, 0.25) is 11.8 Å². The molecular weight excluding hydrogens is 444 g/mol. The van der Waals surface area contributed by atoms with Crippen LogP contribution in [-0.2, 0) is 27.4 Å². The number of alkyl carbamates (subject to hydrolysis) is 1. The van der Waals surface area contributed by atoms with Gasteiger partial charge in [0.1, 0.15) is 24.3 Å². The van der Waals surface area contributed by atoms with Gasteiger partial charge in [-0.1, -0.05) is 36.4 Å². The number of rotatable bonds is 5. The van der Waals surface area contributed by atoms with Gasteiger partial charge in [-0.05, 0) is 48.9 Å². The maximum Gasteiger partial charge on any atom is 0.408 e. The molecule has 0 fully saturated rings. The van der Waals surface area contributed by atoms with Crippen LogP contribution in [0.1, 0.15) is 30.4 Å². The normalized spacial score (nSPS) is 20.2. The first kappa shape index (κ1) is 24.9. The van der Waals surface area contributed by atoms with Gasteiger partial charge in [0.15, 0.2) is 0 Å². The second-order valence-electron chi connectivity index (χ2n) is 8.00. The lowest BCUT2D eigenvalue weighted by Crippen LogP contribution is -2.50. The Kier molecular flexibility index (Phi) is 9.13. The van der Waals surface area contributed by atoms with E-state index in [1.165, 1.54) is 12.2 Å². The second-order valence-corrected chi connectivity index (χ2v) is 8.00. The van der Waals surface area contributed by atoms with E-state index in [2.05, 4.69) is 16.0 Å². The van der Waals surface area contributed by atoms with Crippen LogP contribution in [0.4, 0.5) is 13.6 Å². The zero-order chi connectivity index (χ0) is 24.3. The van der Waals surface area contributed by atoms with Crippen molar-refractivity contribution in [3.63, 3.8) is 0 Å². The number of ether oxygens (including phenoxy) is 1. The Balaban J connectivity index is 1.69. The molecule has 3 rings (SSSR count). The minimum atomic E-state index is -0.876. The van der Waals surface area contributed by atoms with Crippen molar-refractivity contribution in [1.82, 2.24) is 16.0 Å². The number of benzene rings is 2. The van der Waals surface area contributed by atoms with E-state index in [0.717, 1.165) is 23.8 Å². The van der Waals surface area contributed by atoms with Crippen LogP contribution in [0.2, 0.25) is 0 Å². The number of halogens is 2. The number of carbonyl (C=O) groups excluding carboxylic acids is 3. The first-order chi connectivity index (χ1) is 16.4. The first-order valence-corrected chi connectivity index (χ1v) is 11.1. The first-order valence-electron chi connectivity index (χ1n) is 11.1. The summed E-state index contributed by atoms with van der Waals surface area (Å²) in [5, 5.41) is 8.09. The molecule has 7 nitrogen and oxygen atoms in total. The summed E-state index contributed by atoms with van der Waals surface area (Å²) in [6, 6.07) is 10.6. The molecule has 1 aliphatic rings. The lowest BCUT2D eigenvalue weighted by Gasteiger charge is -2.22. The van der Waals surface area contributed by atoms with Crippen LogP contribution >= 0.6 is 0 Å². The highest BCUT2D eigenvalue weighted by Gasteiger charge is 2.24. The molecule has 34 heavy (non-hydrogen) atoms. The Morgan fingerprint density at radius 2 is 1.76 bits per heavy atom. The number of hydrogen-bond donors (Lipinski definition) is 3. The number of nitrogens with one attached hydrogen (secondary N) is 3.